The quantitative estimate of drug-likeness (QED) is 0.596. The molecule has 0 spiro atoms. The lowest BCUT2D eigenvalue weighted by Gasteiger charge is -2.37. The van der Waals surface area contributed by atoms with Gasteiger partial charge in [0.15, 0.2) is 0 Å². The number of fused-ring (bicyclic) bond motifs is 1. The number of hydrogen-bond donors (Lipinski definition) is 2. The number of pyridine rings is 2. The molecule has 3 heterocycles. The number of nitrogens with zero attached hydrogens (tertiary/aromatic N) is 4. The van der Waals surface area contributed by atoms with Crippen LogP contribution in [0.5, 0.6) is 5.88 Å². The van der Waals surface area contributed by atoms with Gasteiger partial charge in [0.1, 0.15) is 17.8 Å². The topological polar surface area (TPSA) is 116 Å². The van der Waals surface area contributed by atoms with E-state index in [4.69, 9.17) is 4.74 Å². The normalized spacial score (nSPS) is 19.3. The second kappa shape index (κ2) is 11.8. The maximum absolute atomic E-state index is 13.4. The number of aliphatic hydroxyl groups is 2. The Kier molecular flexibility index (Phi) is 8.79. The third kappa shape index (κ3) is 6.78. The van der Waals surface area contributed by atoms with E-state index in [2.05, 4.69) is 21.8 Å². The standard InChI is InChI=1S/C26H32N4O5/c1-17-14-30(18(2)16-31)26(34)22-11-20(9-8-19(3)32)13-28-25(22)35-23(17)15-29(4)24(33)12-21-7-5-6-10-27-21/h5-7,10-11,13,17-19,23,31-32H,12,14-16H2,1-4H3/t17-,18+,19-,23-/m0/s1. The lowest BCUT2D eigenvalue weighted by molar-refractivity contribution is -0.130. The first-order chi connectivity index (χ1) is 16.7. The minimum absolute atomic E-state index is 0.102. The number of aromatic nitrogens is 2. The molecule has 0 saturated heterocycles. The zero-order valence-corrected chi connectivity index (χ0v) is 20.5. The van der Waals surface area contributed by atoms with Gasteiger partial charge in [-0.25, -0.2) is 4.98 Å². The molecule has 9 heteroatoms. The van der Waals surface area contributed by atoms with Crippen LogP contribution in [0, 0.1) is 17.8 Å². The Morgan fingerprint density at radius 1 is 1.34 bits per heavy atom. The van der Waals surface area contributed by atoms with E-state index in [0.717, 1.165) is 0 Å². The Morgan fingerprint density at radius 2 is 2.11 bits per heavy atom. The lowest BCUT2D eigenvalue weighted by atomic mass is 9.99. The average molecular weight is 481 g/mol. The summed E-state index contributed by atoms with van der Waals surface area (Å²) in [5.41, 5.74) is 1.37. The third-order valence-corrected chi connectivity index (χ3v) is 5.88. The van der Waals surface area contributed by atoms with Crippen molar-refractivity contribution in [2.45, 2.75) is 45.4 Å². The molecule has 4 atom stereocenters. The van der Waals surface area contributed by atoms with E-state index >= 15 is 0 Å². The number of hydrogen-bond acceptors (Lipinski definition) is 7. The number of carbonyl (C=O) groups is 2. The summed E-state index contributed by atoms with van der Waals surface area (Å²) >= 11 is 0. The number of likely N-dealkylation sites (N-methyl/N-ethyl adjacent to an activating group) is 1. The van der Waals surface area contributed by atoms with Gasteiger partial charge in [0.25, 0.3) is 5.91 Å². The molecule has 0 unspecified atom stereocenters. The number of ether oxygens (including phenoxy) is 1. The molecular formula is C26H32N4O5. The summed E-state index contributed by atoms with van der Waals surface area (Å²) in [4.78, 5) is 38.0. The molecular weight excluding hydrogens is 448 g/mol. The third-order valence-electron chi connectivity index (χ3n) is 5.88. The zero-order valence-electron chi connectivity index (χ0n) is 20.5. The van der Waals surface area contributed by atoms with Crippen LogP contribution in [0.2, 0.25) is 0 Å². The summed E-state index contributed by atoms with van der Waals surface area (Å²) in [6.45, 7) is 5.68. The van der Waals surface area contributed by atoms with Crippen molar-refractivity contribution in [1.82, 2.24) is 19.8 Å². The van der Waals surface area contributed by atoms with E-state index in [9.17, 15) is 19.8 Å². The van der Waals surface area contributed by atoms with Crippen molar-refractivity contribution in [3.8, 4) is 17.7 Å². The van der Waals surface area contributed by atoms with Gasteiger partial charge in [0.05, 0.1) is 25.6 Å². The van der Waals surface area contributed by atoms with Crippen LogP contribution < -0.4 is 4.74 Å². The molecule has 0 bridgehead atoms. The summed E-state index contributed by atoms with van der Waals surface area (Å²) in [6.07, 6.45) is 2.04. The smallest absolute Gasteiger partial charge is 0.259 e. The van der Waals surface area contributed by atoms with Crippen molar-refractivity contribution in [1.29, 1.82) is 0 Å². The Bertz CT molecular complexity index is 1100. The van der Waals surface area contributed by atoms with Gasteiger partial charge >= 0.3 is 0 Å². The lowest BCUT2D eigenvalue weighted by Crippen LogP contribution is -2.50. The van der Waals surface area contributed by atoms with Crippen molar-refractivity contribution in [2.75, 3.05) is 26.7 Å². The summed E-state index contributed by atoms with van der Waals surface area (Å²) in [5, 5.41) is 19.2. The molecule has 0 aliphatic carbocycles. The maximum atomic E-state index is 13.4. The van der Waals surface area contributed by atoms with Crippen LogP contribution in [0.25, 0.3) is 0 Å². The SMILES string of the molecule is C[C@H](O)C#Cc1cnc2c(c1)C(=O)N([C@H](C)CO)C[C@H](C)[C@H](CN(C)C(=O)Cc1ccccn1)O2. The van der Waals surface area contributed by atoms with Crippen LogP contribution >= 0.6 is 0 Å². The molecule has 0 radical (unpaired) electrons. The van der Waals surface area contributed by atoms with E-state index < -0.39 is 18.2 Å². The number of rotatable bonds is 6. The Hall–Kier alpha value is -3.48. The Labute approximate surface area is 205 Å². The highest BCUT2D eigenvalue weighted by Gasteiger charge is 2.34. The molecule has 1 aliphatic rings. The number of amides is 2. The van der Waals surface area contributed by atoms with Crippen molar-refractivity contribution in [2.24, 2.45) is 5.92 Å². The van der Waals surface area contributed by atoms with Gasteiger partial charge in [-0.15, -0.1) is 0 Å². The molecule has 0 aromatic carbocycles. The second-order valence-electron chi connectivity index (χ2n) is 8.92. The highest BCUT2D eigenvalue weighted by Crippen LogP contribution is 2.27. The molecule has 3 rings (SSSR count). The zero-order chi connectivity index (χ0) is 25.5. The minimum atomic E-state index is -0.820. The van der Waals surface area contributed by atoms with Crippen LogP contribution in [0.4, 0.5) is 0 Å². The predicted molar refractivity (Wildman–Crippen MR) is 130 cm³/mol. The van der Waals surface area contributed by atoms with E-state index in [1.165, 1.54) is 6.20 Å². The first-order valence-electron chi connectivity index (χ1n) is 11.6. The summed E-state index contributed by atoms with van der Waals surface area (Å²) in [6, 6.07) is 6.60. The molecule has 2 amide bonds. The molecule has 2 aromatic heterocycles. The summed E-state index contributed by atoms with van der Waals surface area (Å²) in [5.74, 6) is 5.02. The van der Waals surface area contributed by atoms with Crippen LogP contribution in [0.15, 0.2) is 36.7 Å². The second-order valence-corrected chi connectivity index (χ2v) is 8.92. The molecule has 0 fully saturated rings. The molecule has 9 nitrogen and oxygen atoms in total. The van der Waals surface area contributed by atoms with E-state index in [1.54, 1.807) is 55.1 Å². The Morgan fingerprint density at radius 3 is 2.77 bits per heavy atom. The fourth-order valence-corrected chi connectivity index (χ4v) is 3.74. The van der Waals surface area contributed by atoms with Gasteiger partial charge in [-0.2, -0.15) is 0 Å². The molecule has 2 aromatic rings. The van der Waals surface area contributed by atoms with Gasteiger partial charge in [-0.1, -0.05) is 24.8 Å². The molecule has 2 N–H and O–H groups in total. The van der Waals surface area contributed by atoms with E-state index in [0.29, 0.717) is 17.8 Å². The van der Waals surface area contributed by atoms with Gasteiger partial charge < -0.3 is 24.7 Å². The Balaban J connectivity index is 1.89. The maximum Gasteiger partial charge on any atom is 0.259 e. The fraction of sp³-hybridized carbons (Fsp3) is 0.462. The van der Waals surface area contributed by atoms with Crippen molar-refractivity contribution >= 4 is 11.8 Å². The number of carbonyl (C=O) groups excluding carboxylic acids is 2. The van der Waals surface area contributed by atoms with E-state index in [1.807, 2.05) is 13.0 Å². The summed E-state index contributed by atoms with van der Waals surface area (Å²) < 4.78 is 6.20. The average Bonchev–Trinajstić information content (AvgIpc) is 2.84. The van der Waals surface area contributed by atoms with Gasteiger partial charge in [-0.05, 0) is 32.0 Å². The van der Waals surface area contributed by atoms with Crippen LogP contribution in [-0.4, -0.2) is 86.8 Å². The van der Waals surface area contributed by atoms with Crippen molar-refractivity contribution in [3.05, 3.63) is 53.5 Å². The molecule has 0 saturated carbocycles. The van der Waals surface area contributed by atoms with Crippen LogP contribution in [-0.2, 0) is 11.2 Å². The van der Waals surface area contributed by atoms with Crippen molar-refractivity contribution < 1.29 is 24.5 Å². The highest BCUT2D eigenvalue weighted by atomic mass is 16.5. The van der Waals surface area contributed by atoms with Crippen LogP contribution in [0.3, 0.4) is 0 Å². The number of aliphatic hydroxyl groups excluding tert-OH is 2. The predicted octanol–water partition coefficient (Wildman–Crippen LogP) is 1.13. The van der Waals surface area contributed by atoms with Crippen LogP contribution in [0.1, 0.15) is 42.4 Å². The van der Waals surface area contributed by atoms with Gasteiger partial charge in [0.2, 0.25) is 11.8 Å². The fourth-order valence-electron chi connectivity index (χ4n) is 3.74. The molecule has 35 heavy (non-hydrogen) atoms. The van der Waals surface area contributed by atoms with Gasteiger partial charge in [-0.3, -0.25) is 14.6 Å². The van der Waals surface area contributed by atoms with Gasteiger partial charge in [0, 0.05) is 43.2 Å². The highest BCUT2D eigenvalue weighted by molar-refractivity contribution is 5.97. The first kappa shape index (κ1) is 26.1. The first-order valence-corrected chi connectivity index (χ1v) is 11.6. The molecule has 186 valence electrons. The largest absolute Gasteiger partial charge is 0.472 e. The molecule has 1 aliphatic heterocycles. The van der Waals surface area contributed by atoms with Crippen molar-refractivity contribution in [3.63, 3.8) is 0 Å². The van der Waals surface area contributed by atoms with E-state index in [-0.39, 0.29) is 48.7 Å². The minimum Gasteiger partial charge on any atom is -0.472 e. The monoisotopic (exact) mass is 480 g/mol. The summed E-state index contributed by atoms with van der Waals surface area (Å²) in [7, 11) is 1.71.